The molecule has 3 aromatic rings. The molecule has 0 aliphatic heterocycles. The predicted molar refractivity (Wildman–Crippen MR) is 121 cm³/mol. The van der Waals surface area contributed by atoms with Crippen LogP contribution < -0.4 is 9.46 Å². The van der Waals surface area contributed by atoms with Gasteiger partial charge >= 0.3 is 0 Å². The van der Waals surface area contributed by atoms with Gasteiger partial charge in [-0.3, -0.25) is 9.52 Å². The van der Waals surface area contributed by atoms with Crippen LogP contribution in [0, 0.1) is 0 Å². The van der Waals surface area contributed by atoms with E-state index in [4.69, 9.17) is 9.15 Å². The Labute approximate surface area is 188 Å². The van der Waals surface area contributed by atoms with Crippen LogP contribution in [0.5, 0.6) is 5.75 Å². The Balaban J connectivity index is 1.49. The summed E-state index contributed by atoms with van der Waals surface area (Å²) in [5.74, 6) is 1.26. The topological polar surface area (TPSA) is 88.8 Å². The van der Waals surface area contributed by atoms with E-state index in [0.29, 0.717) is 23.6 Å². The van der Waals surface area contributed by atoms with Gasteiger partial charge in [-0.2, -0.15) is 0 Å². The van der Waals surface area contributed by atoms with Crippen LogP contribution in [-0.4, -0.2) is 31.9 Å². The fourth-order valence-corrected chi connectivity index (χ4v) is 4.66. The molecule has 0 saturated heterocycles. The van der Waals surface area contributed by atoms with Gasteiger partial charge in [0.15, 0.2) is 0 Å². The van der Waals surface area contributed by atoms with Crippen molar-refractivity contribution in [2.75, 3.05) is 11.3 Å². The van der Waals surface area contributed by atoms with Crippen LogP contribution in [0.15, 0.2) is 76.2 Å². The summed E-state index contributed by atoms with van der Waals surface area (Å²) in [6.45, 7) is 4.36. The number of ether oxygens (including phenoxy) is 1. The molecule has 2 aromatic carbocycles. The molecule has 1 saturated carbocycles. The first-order valence-corrected chi connectivity index (χ1v) is 12.1. The first-order valence-electron chi connectivity index (χ1n) is 10.6. The number of nitrogens with one attached hydrogen (secondary N) is 1. The lowest BCUT2D eigenvalue weighted by Gasteiger charge is -2.28. The summed E-state index contributed by atoms with van der Waals surface area (Å²) in [4.78, 5) is 15.1. The quantitative estimate of drug-likeness (QED) is 0.500. The van der Waals surface area contributed by atoms with E-state index in [0.717, 1.165) is 18.6 Å². The van der Waals surface area contributed by atoms with Crippen molar-refractivity contribution in [3.05, 3.63) is 78.3 Å². The minimum Gasteiger partial charge on any atom is -0.494 e. The second-order valence-corrected chi connectivity index (χ2v) is 9.40. The molecule has 7 nitrogen and oxygen atoms in total. The second kappa shape index (κ2) is 9.08. The van der Waals surface area contributed by atoms with Crippen LogP contribution in [-0.2, 0) is 10.0 Å². The van der Waals surface area contributed by atoms with Crippen molar-refractivity contribution in [1.29, 1.82) is 0 Å². The van der Waals surface area contributed by atoms with Crippen molar-refractivity contribution in [1.82, 2.24) is 4.90 Å². The van der Waals surface area contributed by atoms with Gasteiger partial charge in [-0.1, -0.05) is 0 Å². The number of nitrogens with zero attached hydrogens (tertiary/aromatic N) is 1. The van der Waals surface area contributed by atoms with E-state index in [1.165, 1.54) is 12.1 Å². The third kappa shape index (κ3) is 4.80. The predicted octanol–water partition coefficient (Wildman–Crippen LogP) is 4.84. The molecule has 1 heterocycles. The number of hydrogen-bond donors (Lipinski definition) is 1. The zero-order chi connectivity index (χ0) is 22.7. The van der Waals surface area contributed by atoms with Crippen LogP contribution in [0.25, 0.3) is 0 Å². The summed E-state index contributed by atoms with van der Waals surface area (Å²) in [5, 5.41) is 0. The Morgan fingerprint density at radius 2 is 1.81 bits per heavy atom. The Kier molecular flexibility index (Phi) is 6.23. The molecule has 4 rings (SSSR count). The van der Waals surface area contributed by atoms with Gasteiger partial charge in [0, 0.05) is 17.3 Å². The van der Waals surface area contributed by atoms with Crippen molar-refractivity contribution in [2.45, 2.75) is 43.7 Å². The van der Waals surface area contributed by atoms with E-state index < -0.39 is 10.0 Å². The van der Waals surface area contributed by atoms with Crippen LogP contribution >= 0.6 is 0 Å². The minimum absolute atomic E-state index is 0.0833. The molecule has 1 aliphatic rings. The Morgan fingerprint density at radius 3 is 2.38 bits per heavy atom. The molecule has 0 spiro atoms. The average Bonchev–Trinajstić information content (AvgIpc) is 3.46. The summed E-state index contributed by atoms with van der Waals surface area (Å²) in [5.41, 5.74) is 0.871. The largest absolute Gasteiger partial charge is 0.494 e. The molecule has 1 atom stereocenters. The summed E-state index contributed by atoms with van der Waals surface area (Å²) < 4.78 is 38.9. The van der Waals surface area contributed by atoms with E-state index in [-0.39, 0.29) is 22.9 Å². The zero-order valence-electron chi connectivity index (χ0n) is 18.0. The van der Waals surface area contributed by atoms with Crippen molar-refractivity contribution < 1.29 is 22.4 Å². The molecule has 1 unspecified atom stereocenters. The molecular formula is C24H26N2O5S. The lowest BCUT2D eigenvalue weighted by atomic mass is 10.1. The lowest BCUT2D eigenvalue weighted by Crippen LogP contribution is -2.35. The zero-order valence-corrected chi connectivity index (χ0v) is 18.8. The molecule has 0 radical (unpaired) electrons. The minimum atomic E-state index is -3.79. The standard InChI is InChI=1S/C24H26N2O5S/c1-3-30-21-12-8-19(9-13-21)25-32(28,29)22-14-6-18(7-15-22)24(27)26(20-10-11-20)17(2)23-5-4-16-31-23/h4-9,12-17,20,25H,3,10-11H2,1-2H3. The maximum absolute atomic E-state index is 13.2. The number of rotatable bonds is 9. The highest BCUT2D eigenvalue weighted by Gasteiger charge is 2.37. The number of hydrogen-bond acceptors (Lipinski definition) is 5. The highest BCUT2D eigenvalue weighted by atomic mass is 32.2. The molecule has 168 valence electrons. The van der Waals surface area contributed by atoms with E-state index in [1.54, 1.807) is 48.7 Å². The fourth-order valence-electron chi connectivity index (χ4n) is 3.60. The number of carbonyl (C=O) groups is 1. The highest BCUT2D eigenvalue weighted by molar-refractivity contribution is 7.92. The Hall–Kier alpha value is -3.26. The molecule has 1 aliphatic carbocycles. The van der Waals surface area contributed by atoms with Crippen LogP contribution in [0.3, 0.4) is 0 Å². The molecule has 8 heteroatoms. The second-order valence-electron chi connectivity index (χ2n) is 7.72. The van der Waals surface area contributed by atoms with Gasteiger partial charge in [0.05, 0.1) is 23.8 Å². The number of benzene rings is 2. The summed E-state index contributed by atoms with van der Waals surface area (Å²) in [6, 6.07) is 16.3. The maximum Gasteiger partial charge on any atom is 0.261 e. The molecule has 0 bridgehead atoms. The van der Waals surface area contributed by atoms with Gasteiger partial charge in [-0.15, -0.1) is 0 Å². The highest BCUT2D eigenvalue weighted by Crippen LogP contribution is 2.36. The fraction of sp³-hybridized carbons (Fsp3) is 0.292. The first kappa shape index (κ1) is 22.0. The Morgan fingerprint density at radius 1 is 1.12 bits per heavy atom. The normalized spacial score (nSPS) is 14.6. The van der Waals surface area contributed by atoms with Crippen LogP contribution in [0.2, 0.25) is 0 Å². The van der Waals surface area contributed by atoms with Crippen molar-refractivity contribution >= 4 is 21.6 Å². The number of anilines is 1. The van der Waals surface area contributed by atoms with Crippen molar-refractivity contribution in [2.24, 2.45) is 0 Å². The smallest absolute Gasteiger partial charge is 0.261 e. The van der Waals surface area contributed by atoms with Gasteiger partial charge in [-0.05, 0) is 87.4 Å². The van der Waals surface area contributed by atoms with E-state index in [9.17, 15) is 13.2 Å². The third-order valence-electron chi connectivity index (χ3n) is 5.38. The van der Waals surface area contributed by atoms with E-state index in [1.807, 2.05) is 24.8 Å². The van der Waals surface area contributed by atoms with Gasteiger partial charge in [0.1, 0.15) is 11.5 Å². The maximum atomic E-state index is 13.2. The third-order valence-corrected chi connectivity index (χ3v) is 6.77. The number of carbonyl (C=O) groups excluding carboxylic acids is 1. The summed E-state index contributed by atoms with van der Waals surface area (Å²) >= 11 is 0. The molecule has 1 fully saturated rings. The average molecular weight is 455 g/mol. The van der Waals surface area contributed by atoms with Gasteiger partial charge in [0.25, 0.3) is 15.9 Å². The molecule has 1 amide bonds. The number of amides is 1. The Bertz CT molecular complexity index is 1150. The lowest BCUT2D eigenvalue weighted by molar-refractivity contribution is 0.0652. The molecule has 1 aromatic heterocycles. The van der Waals surface area contributed by atoms with Crippen LogP contribution in [0.4, 0.5) is 5.69 Å². The number of furan rings is 1. The van der Waals surface area contributed by atoms with E-state index in [2.05, 4.69) is 4.72 Å². The first-order chi connectivity index (χ1) is 15.4. The number of sulfonamides is 1. The molecular weight excluding hydrogens is 428 g/mol. The van der Waals surface area contributed by atoms with Gasteiger partial charge in [0.2, 0.25) is 0 Å². The van der Waals surface area contributed by atoms with E-state index >= 15 is 0 Å². The van der Waals surface area contributed by atoms with Gasteiger partial charge in [-0.25, -0.2) is 8.42 Å². The van der Waals surface area contributed by atoms with Crippen molar-refractivity contribution in [3.63, 3.8) is 0 Å². The molecule has 32 heavy (non-hydrogen) atoms. The van der Waals surface area contributed by atoms with Crippen molar-refractivity contribution in [3.8, 4) is 5.75 Å². The SMILES string of the molecule is CCOc1ccc(NS(=O)(=O)c2ccc(C(=O)N(C3CC3)C(C)c3ccco3)cc2)cc1. The summed E-state index contributed by atoms with van der Waals surface area (Å²) in [6.07, 6.45) is 3.50. The summed E-state index contributed by atoms with van der Waals surface area (Å²) in [7, 11) is -3.79. The van der Waals surface area contributed by atoms with Crippen LogP contribution in [0.1, 0.15) is 48.8 Å². The monoisotopic (exact) mass is 454 g/mol. The van der Waals surface area contributed by atoms with Gasteiger partial charge < -0.3 is 14.1 Å². The molecule has 1 N–H and O–H groups in total.